The molecule has 0 unspecified atom stereocenters. The molecule has 0 aromatic heterocycles. The summed E-state index contributed by atoms with van der Waals surface area (Å²) in [5.41, 5.74) is 0. The van der Waals surface area contributed by atoms with Crippen LogP contribution in [0.5, 0.6) is 0 Å². The summed E-state index contributed by atoms with van der Waals surface area (Å²) in [5.74, 6) is -0.0494. The van der Waals surface area contributed by atoms with Crippen LogP contribution in [-0.2, 0) is 28.6 Å². The molecule has 0 aromatic carbocycles. The Morgan fingerprint density at radius 3 is 1.02 bits per heavy atom. The lowest BCUT2D eigenvalue weighted by atomic mass is 10.0. The average molecular weight is 681 g/mol. The maximum Gasteiger partial charge on any atom is 0.306 e. The highest BCUT2D eigenvalue weighted by Crippen LogP contribution is 2.15. The number of carbonyl (C=O) groups is 3. The van der Waals surface area contributed by atoms with Crippen molar-refractivity contribution in [3.63, 3.8) is 0 Å². The largest absolute Gasteiger partial charge is 0.462 e. The highest BCUT2D eigenvalue weighted by atomic mass is 16.6. The Balaban J connectivity index is 4.27. The van der Waals surface area contributed by atoms with E-state index in [-0.39, 0.29) is 31.1 Å². The topological polar surface area (TPSA) is 78.9 Å². The van der Waals surface area contributed by atoms with Crippen molar-refractivity contribution in [1.82, 2.24) is 0 Å². The monoisotopic (exact) mass is 681 g/mol. The maximum atomic E-state index is 12.6. The SMILES string of the molecule is CCCCCCCCCCCCC(=O)OC[C@@H](COC(=O)CCCCCCCCCCCCC(C)C)OC(=O)CCCCCCCCC. The third-order valence-electron chi connectivity index (χ3n) is 9.29. The fraction of sp³-hybridized carbons (Fsp3) is 0.929. The van der Waals surface area contributed by atoms with Gasteiger partial charge in [-0.15, -0.1) is 0 Å². The zero-order chi connectivity index (χ0) is 35.3. The van der Waals surface area contributed by atoms with Gasteiger partial charge in [0.15, 0.2) is 6.10 Å². The van der Waals surface area contributed by atoms with Gasteiger partial charge in [-0.05, 0) is 25.2 Å². The lowest BCUT2D eigenvalue weighted by molar-refractivity contribution is -0.167. The van der Waals surface area contributed by atoms with E-state index in [1.165, 1.54) is 122 Å². The first kappa shape index (κ1) is 46.4. The van der Waals surface area contributed by atoms with Gasteiger partial charge in [-0.2, -0.15) is 0 Å². The number of hydrogen-bond donors (Lipinski definition) is 0. The van der Waals surface area contributed by atoms with Crippen LogP contribution in [0.3, 0.4) is 0 Å². The van der Waals surface area contributed by atoms with Crippen molar-refractivity contribution in [1.29, 1.82) is 0 Å². The first-order chi connectivity index (χ1) is 23.4. The van der Waals surface area contributed by atoms with E-state index >= 15 is 0 Å². The zero-order valence-electron chi connectivity index (χ0n) is 32.4. The molecule has 1 atom stereocenters. The van der Waals surface area contributed by atoms with Gasteiger partial charge in [-0.1, -0.05) is 188 Å². The first-order valence-corrected chi connectivity index (χ1v) is 20.9. The molecule has 0 aliphatic heterocycles. The number of hydrogen-bond acceptors (Lipinski definition) is 6. The summed E-state index contributed by atoms with van der Waals surface area (Å²) < 4.78 is 16.6. The van der Waals surface area contributed by atoms with Crippen molar-refractivity contribution in [2.75, 3.05) is 13.2 Å². The fourth-order valence-corrected chi connectivity index (χ4v) is 6.10. The minimum atomic E-state index is -0.756. The van der Waals surface area contributed by atoms with Crippen LogP contribution in [0.4, 0.5) is 0 Å². The van der Waals surface area contributed by atoms with Crippen molar-refractivity contribution < 1.29 is 28.6 Å². The van der Waals surface area contributed by atoms with Crippen LogP contribution in [0.15, 0.2) is 0 Å². The van der Waals surface area contributed by atoms with Gasteiger partial charge in [-0.3, -0.25) is 14.4 Å². The van der Waals surface area contributed by atoms with Crippen LogP contribution in [0.2, 0.25) is 0 Å². The molecule has 0 spiro atoms. The van der Waals surface area contributed by atoms with Crippen molar-refractivity contribution in [2.24, 2.45) is 5.92 Å². The van der Waals surface area contributed by atoms with E-state index in [0.29, 0.717) is 19.3 Å². The lowest BCUT2D eigenvalue weighted by Crippen LogP contribution is -2.30. The summed E-state index contributed by atoms with van der Waals surface area (Å²) in [4.78, 5) is 37.4. The highest BCUT2D eigenvalue weighted by Gasteiger charge is 2.19. The molecule has 0 fully saturated rings. The quantitative estimate of drug-likeness (QED) is 0.0369. The van der Waals surface area contributed by atoms with Crippen LogP contribution < -0.4 is 0 Å². The minimum absolute atomic E-state index is 0.0651. The number of rotatable bonds is 37. The molecular formula is C42H80O6. The van der Waals surface area contributed by atoms with Gasteiger partial charge in [0.2, 0.25) is 0 Å². The second-order valence-corrected chi connectivity index (χ2v) is 14.7. The standard InChI is InChI=1S/C42H80O6/c1-5-7-9-11-13-14-18-22-25-29-33-40(43)46-36-39(48-42(45)35-31-27-20-12-10-8-6-2)37-47-41(44)34-30-26-23-19-16-15-17-21-24-28-32-38(3)4/h38-39H,5-37H2,1-4H3/t39-/m0/s1. The van der Waals surface area contributed by atoms with Crippen molar-refractivity contribution in [2.45, 2.75) is 233 Å². The molecule has 0 heterocycles. The minimum Gasteiger partial charge on any atom is -0.462 e. The molecule has 0 N–H and O–H groups in total. The fourth-order valence-electron chi connectivity index (χ4n) is 6.10. The normalized spacial score (nSPS) is 11.9. The van der Waals surface area contributed by atoms with Gasteiger partial charge in [0, 0.05) is 19.3 Å². The third-order valence-corrected chi connectivity index (χ3v) is 9.29. The number of ether oxygens (including phenoxy) is 3. The van der Waals surface area contributed by atoms with E-state index in [0.717, 1.165) is 63.7 Å². The van der Waals surface area contributed by atoms with Gasteiger partial charge >= 0.3 is 17.9 Å². The van der Waals surface area contributed by atoms with E-state index in [1.807, 2.05) is 0 Å². The molecule has 0 bridgehead atoms. The summed E-state index contributed by atoms with van der Waals surface area (Å²) >= 11 is 0. The Labute approximate surface area is 298 Å². The molecule has 6 nitrogen and oxygen atoms in total. The first-order valence-electron chi connectivity index (χ1n) is 20.9. The number of esters is 3. The van der Waals surface area contributed by atoms with Crippen molar-refractivity contribution in [3.05, 3.63) is 0 Å². The van der Waals surface area contributed by atoms with Gasteiger partial charge in [0.25, 0.3) is 0 Å². The molecule has 0 amide bonds. The Morgan fingerprint density at radius 1 is 0.396 bits per heavy atom. The Hall–Kier alpha value is -1.59. The molecule has 284 valence electrons. The van der Waals surface area contributed by atoms with Crippen LogP contribution in [0, 0.1) is 5.92 Å². The molecule has 0 aliphatic rings. The molecule has 0 aromatic rings. The van der Waals surface area contributed by atoms with E-state index in [9.17, 15) is 14.4 Å². The lowest BCUT2D eigenvalue weighted by Gasteiger charge is -2.18. The molecule has 6 heteroatoms. The maximum absolute atomic E-state index is 12.6. The molecule has 0 rings (SSSR count). The summed E-state index contributed by atoms with van der Waals surface area (Å²) in [6.07, 6.45) is 33.8. The van der Waals surface area contributed by atoms with Crippen LogP contribution in [0.1, 0.15) is 227 Å². The number of unbranched alkanes of at least 4 members (excludes halogenated alkanes) is 24. The Morgan fingerprint density at radius 2 is 0.688 bits per heavy atom. The predicted molar refractivity (Wildman–Crippen MR) is 201 cm³/mol. The second kappa shape index (κ2) is 36.7. The molecule has 48 heavy (non-hydrogen) atoms. The predicted octanol–water partition coefficient (Wildman–Crippen LogP) is 12.8. The molecular weight excluding hydrogens is 600 g/mol. The Bertz CT molecular complexity index is 721. The van der Waals surface area contributed by atoms with Gasteiger partial charge in [0.05, 0.1) is 0 Å². The molecule has 0 aliphatic carbocycles. The van der Waals surface area contributed by atoms with Gasteiger partial charge in [-0.25, -0.2) is 0 Å². The summed E-state index contributed by atoms with van der Waals surface area (Å²) in [6.45, 7) is 8.91. The van der Waals surface area contributed by atoms with E-state index in [4.69, 9.17) is 14.2 Å². The second-order valence-electron chi connectivity index (χ2n) is 14.7. The van der Waals surface area contributed by atoms with Crippen molar-refractivity contribution in [3.8, 4) is 0 Å². The summed E-state index contributed by atoms with van der Waals surface area (Å²) in [6, 6.07) is 0. The number of carbonyl (C=O) groups excluding carboxylic acids is 3. The van der Waals surface area contributed by atoms with E-state index in [2.05, 4.69) is 27.7 Å². The summed E-state index contributed by atoms with van der Waals surface area (Å²) in [5, 5.41) is 0. The van der Waals surface area contributed by atoms with Crippen LogP contribution in [-0.4, -0.2) is 37.2 Å². The average Bonchev–Trinajstić information content (AvgIpc) is 3.06. The molecule has 0 radical (unpaired) electrons. The summed E-state index contributed by atoms with van der Waals surface area (Å²) in [7, 11) is 0. The van der Waals surface area contributed by atoms with Crippen LogP contribution >= 0.6 is 0 Å². The van der Waals surface area contributed by atoms with Crippen molar-refractivity contribution >= 4 is 17.9 Å². The van der Waals surface area contributed by atoms with E-state index in [1.54, 1.807) is 0 Å². The van der Waals surface area contributed by atoms with E-state index < -0.39 is 6.10 Å². The highest BCUT2D eigenvalue weighted by molar-refractivity contribution is 5.71. The Kier molecular flexibility index (Phi) is 35.5. The van der Waals surface area contributed by atoms with Gasteiger partial charge < -0.3 is 14.2 Å². The van der Waals surface area contributed by atoms with Crippen LogP contribution in [0.25, 0.3) is 0 Å². The smallest absolute Gasteiger partial charge is 0.306 e. The zero-order valence-corrected chi connectivity index (χ0v) is 32.4. The molecule has 0 saturated heterocycles. The molecule has 0 saturated carbocycles. The third kappa shape index (κ3) is 35.7. The van der Waals surface area contributed by atoms with Gasteiger partial charge in [0.1, 0.15) is 13.2 Å².